The Bertz CT molecular complexity index is 352. The topological polar surface area (TPSA) is 12.0 Å². The highest BCUT2D eigenvalue weighted by atomic mass is 79.9. The molecule has 1 aliphatic carbocycles. The summed E-state index contributed by atoms with van der Waals surface area (Å²) in [6, 6.07) is 2.89. The van der Waals surface area contributed by atoms with Gasteiger partial charge in [0, 0.05) is 16.3 Å². The molecule has 1 heterocycles. The zero-order valence-electron chi connectivity index (χ0n) is 9.65. The number of nitrogens with one attached hydrogen (secondary N) is 1. The number of halogens is 2. The minimum atomic E-state index is 0.211. The number of hydrogen-bond acceptors (Lipinski definition) is 2. The van der Waals surface area contributed by atoms with E-state index < -0.39 is 0 Å². The van der Waals surface area contributed by atoms with Crippen LogP contribution in [0.5, 0.6) is 0 Å². The third-order valence-corrected chi connectivity index (χ3v) is 5.91. The third kappa shape index (κ3) is 3.22. The van der Waals surface area contributed by atoms with Crippen molar-refractivity contribution >= 4 is 38.9 Å². The molecule has 1 nitrogen and oxygen atoms in total. The van der Waals surface area contributed by atoms with Gasteiger partial charge in [0.25, 0.3) is 0 Å². The molecule has 90 valence electrons. The van der Waals surface area contributed by atoms with Crippen LogP contribution in [0.2, 0.25) is 5.02 Å². The fraction of sp³-hybridized carbons (Fsp3) is 0.667. The molecule has 1 aliphatic rings. The van der Waals surface area contributed by atoms with Crippen molar-refractivity contribution < 1.29 is 0 Å². The minimum Gasteiger partial charge on any atom is -0.314 e. The lowest BCUT2D eigenvalue weighted by atomic mass is 9.87. The lowest BCUT2D eigenvalue weighted by Gasteiger charge is -2.23. The van der Waals surface area contributed by atoms with Gasteiger partial charge in [0.1, 0.15) is 0 Å². The summed E-state index contributed by atoms with van der Waals surface area (Å²) < 4.78 is 1.05. The van der Waals surface area contributed by atoms with E-state index in [1.165, 1.54) is 17.7 Å². The van der Waals surface area contributed by atoms with Gasteiger partial charge in [-0.1, -0.05) is 25.4 Å². The van der Waals surface area contributed by atoms with E-state index in [2.05, 4.69) is 41.2 Å². The summed E-state index contributed by atoms with van der Waals surface area (Å²) in [5.41, 5.74) is 0.211. The molecule has 0 radical (unpaired) electrons. The Labute approximate surface area is 115 Å². The predicted molar refractivity (Wildman–Crippen MR) is 75.7 cm³/mol. The molecular formula is C12H17BrClNS. The number of rotatable bonds is 5. The van der Waals surface area contributed by atoms with Crippen molar-refractivity contribution in [1.82, 2.24) is 5.32 Å². The van der Waals surface area contributed by atoms with Gasteiger partial charge in [-0.2, -0.15) is 0 Å². The Kier molecular flexibility index (Phi) is 4.00. The molecule has 1 saturated carbocycles. The summed E-state index contributed by atoms with van der Waals surface area (Å²) in [5.74, 6) is 0. The highest BCUT2D eigenvalue weighted by Crippen LogP contribution is 2.39. The molecule has 4 heteroatoms. The standard InChI is InChI=1S/C12H17BrClNS/c1-12(2,5-6-15-8-3-4-8)10-7-9(14)11(13)16-10/h7-8,15H,3-6H2,1-2H3. The quantitative estimate of drug-likeness (QED) is 0.836. The van der Waals surface area contributed by atoms with E-state index in [1.807, 2.05) is 0 Å². The average Bonchev–Trinajstić information content (AvgIpc) is 2.94. The van der Waals surface area contributed by atoms with Gasteiger partial charge >= 0.3 is 0 Å². The largest absolute Gasteiger partial charge is 0.314 e. The molecule has 0 spiro atoms. The van der Waals surface area contributed by atoms with E-state index in [0.29, 0.717) is 0 Å². The smallest absolute Gasteiger partial charge is 0.0887 e. The van der Waals surface area contributed by atoms with Gasteiger partial charge in [-0.05, 0) is 47.8 Å². The maximum absolute atomic E-state index is 6.08. The predicted octanol–water partition coefficient (Wildman–Crippen LogP) is 4.58. The molecular weight excluding hydrogens is 306 g/mol. The molecule has 0 atom stereocenters. The van der Waals surface area contributed by atoms with Crippen molar-refractivity contribution in [2.45, 2.75) is 44.6 Å². The van der Waals surface area contributed by atoms with Gasteiger partial charge in [-0.15, -0.1) is 11.3 Å². The summed E-state index contributed by atoms with van der Waals surface area (Å²) in [6.07, 6.45) is 3.88. The van der Waals surface area contributed by atoms with Gasteiger partial charge in [-0.3, -0.25) is 0 Å². The zero-order valence-corrected chi connectivity index (χ0v) is 12.8. The minimum absolute atomic E-state index is 0.211. The first-order valence-corrected chi connectivity index (χ1v) is 7.66. The summed E-state index contributed by atoms with van der Waals surface area (Å²) in [4.78, 5) is 1.36. The van der Waals surface area contributed by atoms with Crippen molar-refractivity contribution in [3.8, 4) is 0 Å². The first-order valence-electron chi connectivity index (χ1n) is 5.68. The zero-order chi connectivity index (χ0) is 11.8. The van der Waals surface area contributed by atoms with Crippen LogP contribution in [0.15, 0.2) is 9.85 Å². The van der Waals surface area contributed by atoms with Crippen LogP contribution in [-0.2, 0) is 5.41 Å². The molecule has 1 aromatic rings. The molecule has 0 aromatic carbocycles. The summed E-state index contributed by atoms with van der Waals surface area (Å²) >= 11 is 11.3. The Morgan fingerprint density at radius 3 is 2.75 bits per heavy atom. The molecule has 0 aliphatic heterocycles. The Hall–Kier alpha value is 0.430. The number of hydrogen-bond donors (Lipinski definition) is 1. The maximum Gasteiger partial charge on any atom is 0.0887 e. The van der Waals surface area contributed by atoms with Crippen LogP contribution in [0.1, 0.15) is 38.0 Å². The van der Waals surface area contributed by atoms with Crippen molar-refractivity contribution in [3.63, 3.8) is 0 Å². The first kappa shape index (κ1) is 12.9. The van der Waals surface area contributed by atoms with E-state index in [4.69, 9.17) is 11.6 Å². The van der Waals surface area contributed by atoms with Crippen LogP contribution < -0.4 is 5.32 Å². The molecule has 0 unspecified atom stereocenters. The van der Waals surface area contributed by atoms with Gasteiger partial charge in [-0.25, -0.2) is 0 Å². The van der Waals surface area contributed by atoms with E-state index in [-0.39, 0.29) is 5.41 Å². The summed E-state index contributed by atoms with van der Waals surface area (Å²) in [6.45, 7) is 5.68. The lowest BCUT2D eigenvalue weighted by molar-refractivity contribution is 0.464. The molecule has 0 amide bonds. The molecule has 0 bridgehead atoms. The highest BCUT2D eigenvalue weighted by Gasteiger charge is 2.25. The molecule has 1 aromatic heterocycles. The third-order valence-electron chi connectivity index (χ3n) is 3.07. The average molecular weight is 323 g/mol. The van der Waals surface area contributed by atoms with E-state index in [0.717, 1.165) is 27.8 Å². The van der Waals surface area contributed by atoms with Crippen molar-refractivity contribution in [2.24, 2.45) is 0 Å². The van der Waals surface area contributed by atoms with Gasteiger partial charge < -0.3 is 5.32 Å². The second-order valence-electron chi connectivity index (χ2n) is 5.09. The molecule has 16 heavy (non-hydrogen) atoms. The SMILES string of the molecule is CC(C)(CCNC1CC1)c1cc(Cl)c(Br)s1. The van der Waals surface area contributed by atoms with Crippen LogP contribution in [-0.4, -0.2) is 12.6 Å². The van der Waals surface area contributed by atoms with Crippen molar-refractivity contribution in [2.75, 3.05) is 6.54 Å². The fourth-order valence-corrected chi connectivity index (χ4v) is 3.51. The second-order valence-corrected chi connectivity index (χ2v) is 7.87. The molecule has 1 N–H and O–H groups in total. The molecule has 0 saturated heterocycles. The molecule has 1 fully saturated rings. The van der Waals surface area contributed by atoms with Crippen LogP contribution >= 0.6 is 38.9 Å². The first-order chi connectivity index (χ1) is 7.49. The van der Waals surface area contributed by atoms with Gasteiger partial charge in [0.05, 0.1) is 8.81 Å². The fourth-order valence-electron chi connectivity index (χ4n) is 1.68. The van der Waals surface area contributed by atoms with Crippen LogP contribution in [0.25, 0.3) is 0 Å². The lowest BCUT2D eigenvalue weighted by Crippen LogP contribution is -2.25. The summed E-state index contributed by atoms with van der Waals surface area (Å²) in [7, 11) is 0. The summed E-state index contributed by atoms with van der Waals surface area (Å²) in [5, 5.41) is 4.40. The van der Waals surface area contributed by atoms with Gasteiger partial charge in [0.2, 0.25) is 0 Å². The Balaban J connectivity index is 1.93. The van der Waals surface area contributed by atoms with E-state index in [1.54, 1.807) is 11.3 Å². The second kappa shape index (κ2) is 4.97. The van der Waals surface area contributed by atoms with Gasteiger partial charge in [0.15, 0.2) is 0 Å². The van der Waals surface area contributed by atoms with Crippen molar-refractivity contribution in [1.29, 1.82) is 0 Å². The van der Waals surface area contributed by atoms with E-state index in [9.17, 15) is 0 Å². The maximum atomic E-state index is 6.08. The normalized spacial score (nSPS) is 16.8. The van der Waals surface area contributed by atoms with Crippen molar-refractivity contribution in [3.05, 3.63) is 19.8 Å². The number of thiophene rings is 1. The Morgan fingerprint density at radius 2 is 2.25 bits per heavy atom. The van der Waals surface area contributed by atoms with E-state index >= 15 is 0 Å². The molecule has 2 rings (SSSR count). The Morgan fingerprint density at radius 1 is 1.56 bits per heavy atom. The van der Waals surface area contributed by atoms with Crippen LogP contribution in [0.4, 0.5) is 0 Å². The monoisotopic (exact) mass is 321 g/mol. The van der Waals surface area contributed by atoms with Crippen LogP contribution in [0.3, 0.4) is 0 Å². The highest BCUT2D eigenvalue weighted by molar-refractivity contribution is 9.11. The van der Waals surface area contributed by atoms with Crippen LogP contribution in [0, 0.1) is 0 Å².